The zero-order valence-electron chi connectivity index (χ0n) is 17.9. The Balaban J connectivity index is 1.46. The third-order valence-electron chi connectivity index (χ3n) is 5.07. The summed E-state index contributed by atoms with van der Waals surface area (Å²) in [6.07, 6.45) is 1.29. The van der Waals surface area contributed by atoms with Gasteiger partial charge in [-0.05, 0) is 42.0 Å². The Morgan fingerprint density at radius 3 is 2.26 bits per heavy atom. The summed E-state index contributed by atoms with van der Waals surface area (Å²) < 4.78 is 5.22. The van der Waals surface area contributed by atoms with Crippen LogP contribution in [0.2, 0.25) is 0 Å². The molecule has 0 heterocycles. The maximum Gasteiger partial charge on any atom is 0.408 e. The molecule has 7 nitrogen and oxygen atoms in total. The molecule has 7 heteroatoms. The number of carbonyl (C=O) groups is 3. The summed E-state index contributed by atoms with van der Waals surface area (Å²) in [6, 6.07) is 16.0. The lowest BCUT2D eigenvalue weighted by Crippen LogP contribution is -2.49. The normalized spacial score (nSPS) is 13.9. The van der Waals surface area contributed by atoms with Crippen LogP contribution < -0.4 is 16.0 Å². The number of amides is 3. The molecule has 0 aliphatic heterocycles. The number of rotatable bonds is 9. The van der Waals surface area contributed by atoms with E-state index < -0.39 is 12.1 Å². The van der Waals surface area contributed by atoms with Crippen LogP contribution in [-0.4, -0.2) is 23.9 Å². The monoisotopic (exact) mass is 423 g/mol. The van der Waals surface area contributed by atoms with Crippen molar-refractivity contribution >= 4 is 23.6 Å². The van der Waals surface area contributed by atoms with Crippen LogP contribution in [0.25, 0.3) is 0 Å². The van der Waals surface area contributed by atoms with Gasteiger partial charge in [-0.2, -0.15) is 0 Å². The first kappa shape index (κ1) is 22.3. The standard InChI is InChI=1S/C24H29N3O4/c1-16(2)21(27-24(30)31-15-18-6-4-3-5-7-18)23(29)25-14-17-8-12-20(13-9-17)26-22(28)19-10-11-19/h3-9,12-13,16,19,21H,10-11,14-15H2,1-2H3,(H,25,29)(H,26,28)(H,27,30)/t21-/m1/s1. The molecule has 1 fully saturated rings. The molecule has 0 aromatic heterocycles. The number of benzene rings is 2. The fraction of sp³-hybridized carbons (Fsp3) is 0.375. The first-order valence-corrected chi connectivity index (χ1v) is 10.6. The molecule has 1 saturated carbocycles. The minimum Gasteiger partial charge on any atom is -0.445 e. The summed E-state index contributed by atoms with van der Waals surface area (Å²) in [7, 11) is 0. The molecule has 3 N–H and O–H groups in total. The maximum atomic E-state index is 12.6. The molecular formula is C24H29N3O4. The highest BCUT2D eigenvalue weighted by atomic mass is 16.5. The van der Waals surface area contributed by atoms with Crippen LogP contribution in [0.4, 0.5) is 10.5 Å². The molecule has 164 valence electrons. The molecule has 1 atom stereocenters. The van der Waals surface area contributed by atoms with Crippen molar-refractivity contribution in [1.29, 1.82) is 0 Å². The van der Waals surface area contributed by atoms with Crippen molar-refractivity contribution in [3.8, 4) is 0 Å². The Morgan fingerprint density at radius 1 is 0.968 bits per heavy atom. The van der Waals surface area contributed by atoms with E-state index in [9.17, 15) is 14.4 Å². The van der Waals surface area contributed by atoms with Crippen LogP contribution in [0.1, 0.15) is 37.8 Å². The molecule has 3 rings (SSSR count). The second-order valence-electron chi connectivity index (χ2n) is 8.11. The van der Waals surface area contributed by atoms with Gasteiger partial charge in [0.25, 0.3) is 0 Å². The van der Waals surface area contributed by atoms with Gasteiger partial charge >= 0.3 is 6.09 Å². The average molecular weight is 424 g/mol. The fourth-order valence-corrected chi connectivity index (χ4v) is 3.02. The van der Waals surface area contributed by atoms with E-state index in [1.807, 2.05) is 68.4 Å². The molecule has 0 radical (unpaired) electrons. The van der Waals surface area contributed by atoms with E-state index in [1.165, 1.54) is 0 Å². The molecule has 2 aromatic rings. The van der Waals surface area contributed by atoms with E-state index in [0.717, 1.165) is 29.7 Å². The number of ether oxygens (including phenoxy) is 1. The minimum absolute atomic E-state index is 0.0612. The highest BCUT2D eigenvalue weighted by Crippen LogP contribution is 2.30. The van der Waals surface area contributed by atoms with Gasteiger partial charge in [0.2, 0.25) is 11.8 Å². The lowest BCUT2D eigenvalue weighted by molar-refractivity contribution is -0.124. The zero-order valence-corrected chi connectivity index (χ0v) is 17.9. The van der Waals surface area contributed by atoms with Crippen LogP contribution in [-0.2, 0) is 27.5 Å². The lowest BCUT2D eigenvalue weighted by Gasteiger charge is -2.21. The van der Waals surface area contributed by atoms with Crippen LogP contribution in [0, 0.1) is 11.8 Å². The second-order valence-corrected chi connectivity index (χ2v) is 8.11. The van der Waals surface area contributed by atoms with Crippen LogP contribution in [0.5, 0.6) is 0 Å². The van der Waals surface area contributed by atoms with Crippen molar-refractivity contribution in [2.45, 2.75) is 45.9 Å². The van der Waals surface area contributed by atoms with Crippen LogP contribution in [0.3, 0.4) is 0 Å². The van der Waals surface area contributed by atoms with Crippen LogP contribution >= 0.6 is 0 Å². The van der Waals surface area contributed by atoms with Crippen molar-refractivity contribution in [2.75, 3.05) is 5.32 Å². The SMILES string of the molecule is CC(C)[C@@H](NC(=O)OCc1ccccc1)C(=O)NCc1ccc(NC(=O)C2CC2)cc1. The Morgan fingerprint density at radius 2 is 1.65 bits per heavy atom. The molecule has 0 saturated heterocycles. The summed E-state index contributed by atoms with van der Waals surface area (Å²) in [4.78, 5) is 36.6. The highest BCUT2D eigenvalue weighted by molar-refractivity contribution is 5.94. The molecule has 31 heavy (non-hydrogen) atoms. The van der Waals surface area contributed by atoms with Gasteiger partial charge in [-0.1, -0.05) is 56.3 Å². The van der Waals surface area contributed by atoms with Crippen molar-refractivity contribution < 1.29 is 19.1 Å². The van der Waals surface area contributed by atoms with Gasteiger partial charge in [0.05, 0.1) is 0 Å². The third-order valence-corrected chi connectivity index (χ3v) is 5.07. The third kappa shape index (κ3) is 7.13. The number of anilines is 1. The average Bonchev–Trinajstić information content (AvgIpc) is 3.61. The zero-order chi connectivity index (χ0) is 22.2. The Labute approximate surface area is 182 Å². The predicted octanol–water partition coefficient (Wildman–Crippen LogP) is 3.60. The van der Waals surface area contributed by atoms with E-state index in [4.69, 9.17) is 4.74 Å². The second kappa shape index (κ2) is 10.6. The van der Waals surface area contributed by atoms with Gasteiger partial charge in [0.1, 0.15) is 12.6 Å². The first-order chi connectivity index (χ1) is 14.9. The largest absolute Gasteiger partial charge is 0.445 e. The summed E-state index contributed by atoms with van der Waals surface area (Å²) in [5.74, 6) is -0.174. The Kier molecular flexibility index (Phi) is 7.65. The molecule has 1 aliphatic carbocycles. The fourth-order valence-electron chi connectivity index (χ4n) is 3.02. The summed E-state index contributed by atoms with van der Waals surface area (Å²) in [5, 5.41) is 8.39. The lowest BCUT2D eigenvalue weighted by atomic mass is 10.0. The molecule has 1 aliphatic rings. The number of nitrogens with one attached hydrogen (secondary N) is 3. The number of carbonyl (C=O) groups excluding carboxylic acids is 3. The molecule has 0 unspecified atom stereocenters. The molecule has 3 amide bonds. The Hall–Kier alpha value is -3.35. The number of hydrogen-bond acceptors (Lipinski definition) is 4. The summed E-state index contributed by atoms with van der Waals surface area (Å²) in [5.41, 5.74) is 2.52. The van der Waals surface area contributed by atoms with Crippen molar-refractivity contribution in [3.05, 3.63) is 65.7 Å². The highest BCUT2D eigenvalue weighted by Gasteiger charge is 2.29. The number of hydrogen-bond donors (Lipinski definition) is 3. The van der Waals surface area contributed by atoms with Gasteiger partial charge in [-0.25, -0.2) is 4.79 Å². The molecular weight excluding hydrogens is 394 g/mol. The molecule has 0 spiro atoms. The molecule has 0 bridgehead atoms. The molecule has 2 aromatic carbocycles. The number of alkyl carbamates (subject to hydrolysis) is 1. The first-order valence-electron chi connectivity index (χ1n) is 10.6. The van der Waals surface area contributed by atoms with Gasteiger partial charge in [-0.3, -0.25) is 9.59 Å². The maximum absolute atomic E-state index is 12.6. The van der Waals surface area contributed by atoms with Gasteiger partial charge in [0, 0.05) is 18.2 Å². The van der Waals surface area contributed by atoms with Crippen LogP contribution in [0.15, 0.2) is 54.6 Å². The van der Waals surface area contributed by atoms with E-state index >= 15 is 0 Å². The summed E-state index contributed by atoms with van der Waals surface area (Å²) >= 11 is 0. The van der Waals surface area contributed by atoms with E-state index in [1.54, 1.807) is 0 Å². The van der Waals surface area contributed by atoms with Gasteiger partial charge < -0.3 is 20.7 Å². The van der Waals surface area contributed by atoms with Crippen molar-refractivity contribution in [2.24, 2.45) is 11.8 Å². The van der Waals surface area contributed by atoms with Crippen molar-refractivity contribution in [1.82, 2.24) is 10.6 Å². The van der Waals surface area contributed by atoms with E-state index in [-0.39, 0.29) is 30.3 Å². The quantitative estimate of drug-likeness (QED) is 0.574. The van der Waals surface area contributed by atoms with Gasteiger partial charge in [-0.15, -0.1) is 0 Å². The van der Waals surface area contributed by atoms with Gasteiger partial charge in [0.15, 0.2) is 0 Å². The summed E-state index contributed by atoms with van der Waals surface area (Å²) in [6.45, 7) is 4.18. The smallest absolute Gasteiger partial charge is 0.408 e. The minimum atomic E-state index is -0.708. The predicted molar refractivity (Wildman–Crippen MR) is 118 cm³/mol. The Bertz CT molecular complexity index is 893. The van der Waals surface area contributed by atoms with Crippen molar-refractivity contribution in [3.63, 3.8) is 0 Å². The topological polar surface area (TPSA) is 96.5 Å². The van der Waals surface area contributed by atoms with E-state index in [0.29, 0.717) is 6.54 Å². The van der Waals surface area contributed by atoms with E-state index in [2.05, 4.69) is 16.0 Å².